The zero-order valence-electron chi connectivity index (χ0n) is 10.5. The Morgan fingerprint density at radius 3 is 2.82 bits per heavy atom. The Kier molecular flexibility index (Phi) is 4.39. The zero-order chi connectivity index (χ0) is 12.1. The van der Waals surface area contributed by atoms with Crippen molar-refractivity contribution in [1.82, 2.24) is 14.7 Å². The van der Waals surface area contributed by atoms with Crippen LogP contribution in [0.25, 0.3) is 0 Å². The van der Waals surface area contributed by atoms with Crippen LogP contribution in [0.2, 0.25) is 0 Å². The van der Waals surface area contributed by atoms with Gasteiger partial charge in [-0.1, -0.05) is 0 Å². The molecule has 0 atom stereocenters. The molecular formula is C12H22N4O. The van der Waals surface area contributed by atoms with Crippen molar-refractivity contribution in [3.05, 3.63) is 12.3 Å². The molecule has 5 heteroatoms. The number of nitrogens with zero attached hydrogens (tertiary/aromatic N) is 3. The van der Waals surface area contributed by atoms with Crippen LogP contribution in [0, 0.1) is 0 Å². The van der Waals surface area contributed by atoms with Gasteiger partial charge in [-0.15, -0.1) is 0 Å². The first kappa shape index (κ1) is 12.4. The Balaban J connectivity index is 1.74. The lowest BCUT2D eigenvalue weighted by atomic mass is 10.1. The number of anilines is 1. The second-order valence-electron chi connectivity index (χ2n) is 4.49. The smallest absolute Gasteiger partial charge is 0.145 e. The van der Waals surface area contributed by atoms with E-state index in [0.29, 0.717) is 11.9 Å². The molecule has 1 aromatic heterocycles. The number of hydrogen-bond donors (Lipinski definition) is 1. The highest BCUT2D eigenvalue weighted by Gasteiger charge is 2.20. The summed E-state index contributed by atoms with van der Waals surface area (Å²) in [6.07, 6.45) is 4.27. The summed E-state index contributed by atoms with van der Waals surface area (Å²) in [5.41, 5.74) is 5.63. The largest absolute Gasteiger partial charge is 0.382 e. The molecule has 0 amide bonds. The van der Waals surface area contributed by atoms with Crippen molar-refractivity contribution in [2.45, 2.75) is 25.8 Å². The number of hydrogen-bond acceptors (Lipinski definition) is 4. The minimum atomic E-state index is 0.510. The van der Waals surface area contributed by atoms with Crippen LogP contribution in [0.4, 0.5) is 5.82 Å². The van der Waals surface area contributed by atoms with Crippen molar-refractivity contribution in [1.29, 1.82) is 0 Å². The van der Waals surface area contributed by atoms with E-state index in [1.54, 1.807) is 0 Å². The third-order valence-corrected chi connectivity index (χ3v) is 3.32. The van der Waals surface area contributed by atoms with Gasteiger partial charge in [0.25, 0.3) is 0 Å². The molecule has 96 valence electrons. The van der Waals surface area contributed by atoms with Crippen molar-refractivity contribution in [3.8, 4) is 0 Å². The average molecular weight is 238 g/mol. The Morgan fingerprint density at radius 2 is 2.24 bits per heavy atom. The molecule has 2 N–H and O–H groups in total. The van der Waals surface area contributed by atoms with Crippen LogP contribution in [-0.2, 0) is 4.74 Å². The third kappa shape index (κ3) is 3.44. The van der Waals surface area contributed by atoms with Crippen molar-refractivity contribution < 1.29 is 4.74 Å². The van der Waals surface area contributed by atoms with Crippen LogP contribution in [0.5, 0.6) is 0 Å². The first-order valence-corrected chi connectivity index (χ1v) is 6.40. The van der Waals surface area contributed by atoms with Crippen LogP contribution in [0.1, 0.15) is 25.8 Å². The van der Waals surface area contributed by atoms with Crippen LogP contribution < -0.4 is 5.73 Å². The highest BCUT2D eigenvalue weighted by atomic mass is 16.5. The van der Waals surface area contributed by atoms with Crippen LogP contribution in [-0.4, -0.2) is 47.5 Å². The molecular weight excluding hydrogens is 216 g/mol. The maximum absolute atomic E-state index is 5.63. The molecule has 0 aromatic carbocycles. The first-order chi connectivity index (χ1) is 8.29. The monoisotopic (exact) mass is 238 g/mol. The molecule has 1 saturated heterocycles. The van der Waals surface area contributed by atoms with Gasteiger partial charge < -0.3 is 15.4 Å². The van der Waals surface area contributed by atoms with E-state index in [4.69, 9.17) is 10.5 Å². The zero-order valence-corrected chi connectivity index (χ0v) is 10.5. The van der Waals surface area contributed by atoms with E-state index < -0.39 is 0 Å². The topological polar surface area (TPSA) is 56.3 Å². The Morgan fingerprint density at radius 1 is 1.47 bits per heavy atom. The SMILES string of the molecule is CCOCCN1CCC(n2ccc(N)n2)CC1. The van der Waals surface area contributed by atoms with E-state index in [2.05, 4.69) is 10.00 Å². The number of piperidine rings is 1. The maximum atomic E-state index is 5.63. The van der Waals surface area contributed by atoms with Crippen LogP contribution in [0.3, 0.4) is 0 Å². The maximum Gasteiger partial charge on any atom is 0.145 e. The normalized spacial score (nSPS) is 18.6. The van der Waals surface area contributed by atoms with Gasteiger partial charge in [0.2, 0.25) is 0 Å². The lowest BCUT2D eigenvalue weighted by molar-refractivity contribution is 0.0955. The van der Waals surface area contributed by atoms with Crippen molar-refractivity contribution in [2.24, 2.45) is 0 Å². The fourth-order valence-corrected chi connectivity index (χ4v) is 2.30. The van der Waals surface area contributed by atoms with Crippen LogP contribution in [0.15, 0.2) is 12.3 Å². The van der Waals surface area contributed by atoms with Gasteiger partial charge in [0.05, 0.1) is 12.6 Å². The number of ether oxygens (including phenoxy) is 1. The summed E-state index contributed by atoms with van der Waals surface area (Å²) in [5, 5.41) is 4.29. The molecule has 2 heterocycles. The van der Waals surface area contributed by atoms with E-state index >= 15 is 0 Å². The van der Waals surface area contributed by atoms with Gasteiger partial charge in [0, 0.05) is 32.4 Å². The van der Waals surface area contributed by atoms with Gasteiger partial charge in [0.15, 0.2) is 0 Å². The fraction of sp³-hybridized carbons (Fsp3) is 0.750. The molecule has 1 fully saturated rings. The highest BCUT2D eigenvalue weighted by molar-refractivity contribution is 5.24. The molecule has 5 nitrogen and oxygen atoms in total. The standard InChI is InChI=1S/C12H22N4O/c1-2-17-10-9-15-6-3-11(4-7-15)16-8-5-12(13)14-16/h5,8,11H,2-4,6-7,9-10H2,1H3,(H2,13,14). The van der Waals surface area contributed by atoms with Gasteiger partial charge in [-0.05, 0) is 25.8 Å². The summed E-state index contributed by atoms with van der Waals surface area (Å²) in [4.78, 5) is 2.46. The Hall–Kier alpha value is -1.07. The van der Waals surface area contributed by atoms with Crippen molar-refractivity contribution in [3.63, 3.8) is 0 Å². The second-order valence-corrected chi connectivity index (χ2v) is 4.49. The number of nitrogen functional groups attached to an aromatic ring is 1. The van der Waals surface area contributed by atoms with E-state index in [-0.39, 0.29) is 0 Å². The van der Waals surface area contributed by atoms with Gasteiger partial charge in [-0.25, -0.2) is 0 Å². The molecule has 1 aromatic rings. The molecule has 0 radical (unpaired) electrons. The van der Waals surface area contributed by atoms with Gasteiger partial charge in [-0.2, -0.15) is 5.10 Å². The fourth-order valence-electron chi connectivity index (χ4n) is 2.30. The van der Waals surface area contributed by atoms with E-state index in [0.717, 1.165) is 45.7 Å². The lowest BCUT2D eigenvalue weighted by Gasteiger charge is -2.31. The summed E-state index contributed by atoms with van der Waals surface area (Å²) in [6, 6.07) is 2.37. The molecule has 1 aliphatic heterocycles. The van der Waals surface area contributed by atoms with E-state index in [1.807, 2.05) is 23.9 Å². The predicted octanol–water partition coefficient (Wildman–Crippen LogP) is 1.14. The average Bonchev–Trinajstić information content (AvgIpc) is 2.77. The number of aromatic nitrogens is 2. The van der Waals surface area contributed by atoms with Crippen LogP contribution >= 0.6 is 0 Å². The molecule has 2 rings (SSSR count). The minimum absolute atomic E-state index is 0.510. The van der Waals surface area contributed by atoms with Gasteiger partial charge in [-0.3, -0.25) is 4.68 Å². The number of likely N-dealkylation sites (tertiary alicyclic amines) is 1. The number of nitrogens with two attached hydrogens (primary N) is 1. The summed E-state index contributed by atoms with van der Waals surface area (Å²) >= 11 is 0. The number of rotatable bonds is 5. The van der Waals surface area contributed by atoms with E-state index in [9.17, 15) is 0 Å². The predicted molar refractivity (Wildman–Crippen MR) is 67.8 cm³/mol. The molecule has 1 aliphatic rings. The summed E-state index contributed by atoms with van der Waals surface area (Å²) in [6.45, 7) is 6.98. The third-order valence-electron chi connectivity index (χ3n) is 3.32. The molecule has 0 aliphatic carbocycles. The van der Waals surface area contributed by atoms with E-state index in [1.165, 1.54) is 0 Å². The summed E-state index contributed by atoms with van der Waals surface area (Å²) in [5.74, 6) is 0.615. The highest BCUT2D eigenvalue weighted by Crippen LogP contribution is 2.21. The second kappa shape index (κ2) is 6.02. The van der Waals surface area contributed by atoms with Crippen molar-refractivity contribution >= 4 is 5.82 Å². The minimum Gasteiger partial charge on any atom is -0.382 e. The van der Waals surface area contributed by atoms with Gasteiger partial charge in [0.1, 0.15) is 5.82 Å². The molecule has 0 saturated carbocycles. The summed E-state index contributed by atoms with van der Waals surface area (Å²) in [7, 11) is 0. The Bertz CT molecular complexity index is 331. The van der Waals surface area contributed by atoms with Gasteiger partial charge >= 0.3 is 0 Å². The Labute approximate surface area is 103 Å². The lowest BCUT2D eigenvalue weighted by Crippen LogP contribution is -2.36. The molecule has 0 spiro atoms. The van der Waals surface area contributed by atoms with Crippen molar-refractivity contribution in [2.75, 3.05) is 38.6 Å². The quantitative estimate of drug-likeness (QED) is 0.782. The molecule has 0 bridgehead atoms. The molecule has 0 unspecified atom stereocenters. The first-order valence-electron chi connectivity index (χ1n) is 6.40. The summed E-state index contributed by atoms with van der Waals surface area (Å²) < 4.78 is 7.38. The molecule has 17 heavy (non-hydrogen) atoms.